The summed E-state index contributed by atoms with van der Waals surface area (Å²) in [4.78, 5) is 0. The van der Waals surface area contributed by atoms with Crippen LogP contribution < -0.4 is 10.1 Å². The van der Waals surface area contributed by atoms with Crippen molar-refractivity contribution in [3.63, 3.8) is 0 Å². The van der Waals surface area contributed by atoms with Crippen molar-refractivity contribution in [2.24, 2.45) is 0 Å². The van der Waals surface area contributed by atoms with Gasteiger partial charge in [0.15, 0.2) is 0 Å². The van der Waals surface area contributed by atoms with Crippen molar-refractivity contribution in [1.82, 2.24) is 5.32 Å². The molecule has 0 aromatic heterocycles. The molecular formula is C15H13BrF3NO. The molecule has 0 unspecified atom stereocenters. The molecule has 1 N–H and O–H groups in total. The minimum absolute atomic E-state index is 0.120. The Balaban J connectivity index is 1.99. The van der Waals surface area contributed by atoms with E-state index in [1.165, 1.54) is 12.1 Å². The number of nitrogens with one attached hydrogen (secondary N) is 1. The van der Waals surface area contributed by atoms with Crippen LogP contribution in [-0.4, -0.2) is 6.61 Å². The molecule has 0 fully saturated rings. The summed E-state index contributed by atoms with van der Waals surface area (Å²) in [5.74, 6) is -0.197. The standard InChI is InChI=1S/C15H13BrF3NO/c16-12-5-6-13(17)11(7-12)9-20-8-10-3-1-2-4-14(10)21-15(18)19/h1-7,15,20H,8-9H2. The Kier molecular flexibility index (Phi) is 5.64. The van der Waals surface area contributed by atoms with E-state index in [4.69, 9.17) is 0 Å². The second-order valence-corrected chi connectivity index (χ2v) is 5.24. The third-order valence-corrected chi connectivity index (χ3v) is 3.32. The molecule has 112 valence electrons. The number of benzene rings is 2. The Morgan fingerprint density at radius 3 is 2.52 bits per heavy atom. The fraction of sp³-hybridized carbons (Fsp3) is 0.200. The molecule has 0 saturated carbocycles. The van der Waals surface area contributed by atoms with Crippen LogP contribution in [0, 0.1) is 5.82 Å². The maximum Gasteiger partial charge on any atom is 0.387 e. The summed E-state index contributed by atoms with van der Waals surface area (Å²) in [6.45, 7) is -2.28. The lowest BCUT2D eigenvalue weighted by Crippen LogP contribution is -2.15. The quantitative estimate of drug-likeness (QED) is 0.820. The van der Waals surface area contributed by atoms with Crippen LogP contribution in [0.25, 0.3) is 0 Å². The molecule has 21 heavy (non-hydrogen) atoms. The van der Waals surface area contributed by atoms with Crippen LogP contribution in [0.15, 0.2) is 46.9 Å². The Labute approximate surface area is 129 Å². The van der Waals surface area contributed by atoms with E-state index in [0.717, 1.165) is 4.47 Å². The number of alkyl halides is 2. The van der Waals surface area contributed by atoms with Gasteiger partial charge in [-0.1, -0.05) is 34.1 Å². The molecule has 0 aliphatic rings. The molecule has 6 heteroatoms. The summed E-state index contributed by atoms with van der Waals surface area (Å²) in [6, 6.07) is 11.2. The van der Waals surface area contributed by atoms with E-state index >= 15 is 0 Å². The molecule has 0 amide bonds. The average molecular weight is 360 g/mol. The smallest absolute Gasteiger partial charge is 0.387 e. The highest BCUT2D eigenvalue weighted by Gasteiger charge is 2.09. The van der Waals surface area contributed by atoms with Crippen LogP contribution in [0.2, 0.25) is 0 Å². The molecule has 2 nitrogen and oxygen atoms in total. The second-order valence-electron chi connectivity index (χ2n) is 4.33. The number of halogens is 4. The zero-order valence-corrected chi connectivity index (χ0v) is 12.5. The minimum Gasteiger partial charge on any atom is -0.434 e. The predicted molar refractivity (Wildman–Crippen MR) is 77.7 cm³/mol. The first-order chi connectivity index (χ1) is 10.1. The van der Waals surface area contributed by atoms with Gasteiger partial charge in [-0.25, -0.2) is 4.39 Å². The fourth-order valence-corrected chi connectivity index (χ4v) is 2.28. The molecule has 0 saturated heterocycles. The van der Waals surface area contributed by atoms with Crippen molar-refractivity contribution in [1.29, 1.82) is 0 Å². The monoisotopic (exact) mass is 359 g/mol. The predicted octanol–water partition coefficient (Wildman–Crippen LogP) is 4.48. The van der Waals surface area contributed by atoms with Gasteiger partial charge in [0, 0.05) is 28.7 Å². The normalized spacial score (nSPS) is 10.9. The largest absolute Gasteiger partial charge is 0.434 e. The number of hydrogen-bond donors (Lipinski definition) is 1. The van der Waals surface area contributed by atoms with Gasteiger partial charge in [0.2, 0.25) is 0 Å². The number of ether oxygens (including phenoxy) is 1. The van der Waals surface area contributed by atoms with Crippen LogP contribution >= 0.6 is 15.9 Å². The van der Waals surface area contributed by atoms with Gasteiger partial charge in [0.25, 0.3) is 0 Å². The van der Waals surface area contributed by atoms with Crippen LogP contribution in [0.1, 0.15) is 11.1 Å². The number of para-hydroxylation sites is 1. The molecule has 0 aliphatic heterocycles. The molecule has 0 atom stereocenters. The third kappa shape index (κ3) is 4.75. The summed E-state index contributed by atoms with van der Waals surface area (Å²) >= 11 is 3.27. The van der Waals surface area contributed by atoms with Crippen molar-refractivity contribution < 1.29 is 17.9 Å². The van der Waals surface area contributed by atoms with Crippen LogP contribution in [0.5, 0.6) is 5.75 Å². The summed E-state index contributed by atoms with van der Waals surface area (Å²) in [6.07, 6.45) is 0. The van der Waals surface area contributed by atoms with E-state index in [1.807, 2.05) is 0 Å². The van der Waals surface area contributed by atoms with E-state index < -0.39 is 6.61 Å². The highest BCUT2D eigenvalue weighted by molar-refractivity contribution is 9.10. The topological polar surface area (TPSA) is 21.3 Å². The minimum atomic E-state index is -2.87. The summed E-state index contributed by atoms with van der Waals surface area (Å²) in [5, 5.41) is 3.01. The van der Waals surface area contributed by atoms with E-state index in [0.29, 0.717) is 17.7 Å². The highest BCUT2D eigenvalue weighted by atomic mass is 79.9. The second kappa shape index (κ2) is 7.47. The average Bonchev–Trinajstić information content (AvgIpc) is 2.44. The summed E-state index contributed by atoms with van der Waals surface area (Å²) in [5.41, 5.74) is 1.09. The zero-order chi connectivity index (χ0) is 15.2. The highest BCUT2D eigenvalue weighted by Crippen LogP contribution is 2.20. The van der Waals surface area contributed by atoms with E-state index in [-0.39, 0.29) is 18.1 Å². The summed E-state index contributed by atoms with van der Waals surface area (Å²) in [7, 11) is 0. The fourth-order valence-electron chi connectivity index (χ4n) is 1.87. The van der Waals surface area contributed by atoms with Gasteiger partial charge in [0.05, 0.1) is 0 Å². The van der Waals surface area contributed by atoms with Gasteiger partial charge in [0.1, 0.15) is 11.6 Å². The first-order valence-corrected chi connectivity index (χ1v) is 7.03. The van der Waals surface area contributed by atoms with E-state index in [9.17, 15) is 13.2 Å². The summed E-state index contributed by atoms with van der Waals surface area (Å²) < 4.78 is 43.4. The van der Waals surface area contributed by atoms with E-state index in [1.54, 1.807) is 30.3 Å². The maximum atomic E-state index is 13.6. The molecule has 0 heterocycles. The molecule has 0 aliphatic carbocycles. The van der Waals surface area contributed by atoms with Crippen molar-refractivity contribution in [2.45, 2.75) is 19.7 Å². The molecule has 0 bridgehead atoms. The number of hydrogen-bond acceptors (Lipinski definition) is 2. The first-order valence-electron chi connectivity index (χ1n) is 6.23. The zero-order valence-electron chi connectivity index (χ0n) is 11.0. The molecule has 2 aromatic rings. The Morgan fingerprint density at radius 2 is 1.76 bits per heavy atom. The lowest BCUT2D eigenvalue weighted by molar-refractivity contribution is -0.0505. The lowest BCUT2D eigenvalue weighted by Gasteiger charge is -2.11. The van der Waals surface area contributed by atoms with Crippen molar-refractivity contribution in [3.05, 3.63) is 63.9 Å². The van der Waals surface area contributed by atoms with E-state index in [2.05, 4.69) is 26.0 Å². The lowest BCUT2D eigenvalue weighted by atomic mass is 10.2. The van der Waals surface area contributed by atoms with Crippen LogP contribution in [-0.2, 0) is 13.1 Å². The van der Waals surface area contributed by atoms with Gasteiger partial charge >= 0.3 is 6.61 Å². The van der Waals surface area contributed by atoms with Crippen LogP contribution in [0.4, 0.5) is 13.2 Å². The van der Waals surface area contributed by atoms with Crippen molar-refractivity contribution >= 4 is 15.9 Å². The Hall–Kier alpha value is -1.53. The molecule has 0 spiro atoms. The SMILES string of the molecule is Fc1ccc(Br)cc1CNCc1ccccc1OC(F)F. The molecule has 2 aromatic carbocycles. The molecular weight excluding hydrogens is 347 g/mol. The molecule has 0 radical (unpaired) electrons. The Bertz CT molecular complexity index is 607. The number of rotatable bonds is 6. The van der Waals surface area contributed by atoms with Gasteiger partial charge in [-0.15, -0.1) is 0 Å². The van der Waals surface area contributed by atoms with Crippen molar-refractivity contribution in [2.75, 3.05) is 0 Å². The maximum absolute atomic E-state index is 13.6. The first kappa shape index (κ1) is 15.9. The van der Waals surface area contributed by atoms with Gasteiger partial charge in [-0.3, -0.25) is 0 Å². The third-order valence-electron chi connectivity index (χ3n) is 2.83. The Morgan fingerprint density at radius 1 is 1.05 bits per heavy atom. The van der Waals surface area contributed by atoms with Gasteiger partial charge < -0.3 is 10.1 Å². The van der Waals surface area contributed by atoms with Gasteiger partial charge in [-0.2, -0.15) is 8.78 Å². The van der Waals surface area contributed by atoms with Gasteiger partial charge in [-0.05, 0) is 24.3 Å². The molecule has 2 rings (SSSR count). The van der Waals surface area contributed by atoms with Crippen LogP contribution in [0.3, 0.4) is 0 Å². The van der Waals surface area contributed by atoms with Crippen molar-refractivity contribution in [3.8, 4) is 5.75 Å².